The maximum atomic E-state index is 10.9. The molecule has 0 heterocycles. The molecule has 0 bridgehead atoms. The number of carboxylic acids is 1. The first kappa shape index (κ1) is 10.6. The molecule has 1 aromatic rings. The molecule has 14 heavy (non-hydrogen) atoms. The van der Waals surface area contributed by atoms with E-state index in [9.17, 15) is 4.79 Å². The first-order valence-electron chi connectivity index (χ1n) is 4.51. The fourth-order valence-corrected chi connectivity index (χ4v) is 1.61. The minimum absolute atomic E-state index is 0.366. The Balaban J connectivity index is 3.35. The van der Waals surface area contributed by atoms with E-state index in [0.717, 1.165) is 16.9 Å². The summed E-state index contributed by atoms with van der Waals surface area (Å²) in [6.45, 7) is 3.82. The summed E-state index contributed by atoms with van der Waals surface area (Å²) in [7, 11) is 1.59. The van der Waals surface area contributed by atoms with Crippen molar-refractivity contribution >= 4 is 5.97 Å². The van der Waals surface area contributed by atoms with E-state index in [1.54, 1.807) is 19.2 Å². The summed E-state index contributed by atoms with van der Waals surface area (Å²) in [5.74, 6) is -0.139. The molecule has 1 N–H and O–H groups in total. The molecule has 0 unspecified atom stereocenters. The number of benzene rings is 1. The molecule has 0 atom stereocenters. The van der Waals surface area contributed by atoms with Crippen molar-refractivity contribution < 1.29 is 14.6 Å². The number of ether oxygens (including phenoxy) is 1. The normalized spacial score (nSPS) is 9.93. The Labute approximate surface area is 83.3 Å². The Bertz CT molecular complexity index is 356. The van der Waals surface area contributed by atoms with Gasteiger partial charge in [0.05, 0.1) is 12.7 Å². The van der Waals surface area contributed by atoms with E-state index in [1.165, 1.54) is 0 Å². The zero-order chi connectivity index (χ0) is 10.7. The lowest BCUT2D eigenvalue weighted by molar-refractivity contribution is 0.0695. The fraction of sp³-hybridized carbons (Fsp3) is 0.364. The van der Waals surface area contributed by atoms with Gasteiger partial charge in [-0.3, -0.25) is 0 Å². The molecule has 0 aliphatic carbocycles. The molecule has 0 fully saturated rings. The second-order valence-corrected chi connectivity index (χ2v) is 3.08. The predicted molar refractivity (Wildman–Crippen MR) is 54.1 cm³/mol. The van der Waals surface area contributed by atoms with Crippen LogP contribution in [0.5, 0.6) is 5.75 Å². The number of carboxylic acid groups (broad SMARTS) is 1. The lowest BCUT2D eigenvalue weighted by atomic mass is 9.99. The van der Waals surface area contributed by atoms with Gasteiger partial charge in [-0.1, -0.05) is 6.92 Å². The van der Waals surface area contributed by atoms with E-state index >= 15 is 0 Å². The molecule has 0 saturated heterocycles. The number of hydrogen-bond acceptors (Lipinski definition) is 2. The van der Waals surface area contributed by atoms with Crippen molar-refractivity contribution in [1.29, 1.82) is 0 Å². The molecule has 0 amide bonds. The van der Waals surface area contributed by atoms with Gasteiger partial charge in [0.15, 0.2) is 0 Å². The van der Waals surface area contributed by atoms with Gasteiger partial charge in [-0.05, 0) is 36.6 Å². The maximum absolute atomic E-state index is 10.9. The Morgan fingerprint density at radius 1 is 1.50 bits per heavy atom. The van der Waals surface area contributed by atoms with Crippen LogP contribution < -0.4 is 4.74 Å². The monoisotopic (exact) mass is 194 g/mol. The van der Waals surface area contributed by atoms with Crippen LogP contribution in [-0.4, -0.2) is 18.2 Å². The van der Waals surface area contributed by atoms with Crippen molar-refractivity contribution in [3.63, 3.8) is 0 Å². The van der Waals surface area contributed by atoms with Crippen LogP contribution in [0.2, 0.25) is 0 Å². The Hall–Kier alpha value is -1.51. The third-order valence-corrected chi connectivity index (χ3v) is 2.35. The minimum atomic E-state index is -0.882. The lowest BCUT2D eigenvalue weighted by Crippen LogP contribution is -2.04. The van der Waals surface area contributed by atoms with Crippen LogP contribution in [0.1, 0.15) is 28.4 Å². The molecule has 1 rings (SSSR count). The largest absolute Gasteiger partial charge is 0.496 e. The number of methoxy groups -OCH3 is 1. The van der Waals surface area contributed by atoms with Gasteiger partial charge in [-0.2, -0.15) is 0 Å². The smallest absolute Gasteiger partial charge is 0.335 e. The highest BCUT2D eigenvalue weighted by Crippen LogP contribution is 2.25. The van der Waals surface area contributed by atoms with Gasteiger partial charge in [0.25, 0.3) is 0 Å². The van der Waals surface area contributed by atoms with E-state index < -0.39 is 5.97 Å². The highest BCUT2D eigenvalue weighted by Gasteiger charge is 2.13. The summed E-state index contributed by atoms with van der Waals surface area (Å²) in [6.07, 6.45) is 0.699. The van der Waals surface area contributed by atoms with Gasteiger partial charge < -0.3 is 9.84 Å². The van der Waals surface area contributed by atoms with E-state index in [-0.39, 0.29) is 0 Å². The SMILES string of the molecule is CCc1c(C(=O)O)ccc(OC)c1C. The highest BCUT2D eigenvalue weighted by atomic mass is 16.5. The van der Waals surface area contributed by atoms with E-state index in [4.69, 9.17) is 9.84 Å². The Morgan fingerprint density at radius 2 is 2.14 bits per heavy atom. The van der Waals surface area contributed by atoms with E-state index in [2.05, 4.69) is 0 Å². The minimum Gasteiger partial charge on any atom is -0.496 e. The summed E-state index contributed by atoms with van der Waals surface area (Å²) in [6, 6.07) is 3.28. The van der Waals surface area contributed by atoms with Gasteiger partial charge in [0.1, 0.15) is 5.75 Å². The number of rotatable bonds is 3. The lowest BCUT2D eigenvalue weighted by Gasteiger charge is -2.11. The third kappa shape index (κ3) is 1.71. The molecule has 0 saturated carbocycles. The molecule has 0 aliphatic heterocycles. The van der Waals surface area contributed by atoms with Crippen molar-refractivity contribution in [2.45, 2.75) is 20.3 Å². The number of hydrogen-bond donors (Lipinski definition) is 1. The standard InChI is InChI=1S/C11H14O3/c1-4-8-7(2)10(14-3)6-5-9(8)11(12)13/h5-6H,4H2,1-3H3,(H,12,13). The number of aromatic carboxylic acids is 1. The maximum Gasteiger partial charge on any atom is 0.335 e. The van der Waals surface area contributed by atoms with Gasteiger partial charge in [0, 0.05) is 0 Å². The summed E-state index contributed by atoms with van der Waals surface area (Å²) >= 11 is 0. The second-order valence-electron chi connectivity index (χ2n) is 3.08. The van der Waals surface area contributed by atoms with Crippen LogP contribution >= 0.6 is 0 Å². The Kier molecular flexibility index (Phi) is 3.12. The molecule has 0 aromatic heterocycles. The molecule has 1 aromatic carbocycles. The first-order chi connectivity index (χ1) is 6.61. The quantitative estimate of drug-likeness (QED) is 0.802. The van der Waals surface area contributed by atoms with Crippen LogP contribution in [0, 0.1) is 6.92 Å². The third-order valence-electron chi connectivity index (χ3n) is 2.35. The van der Waals surface area contributed by atoms with Crippen LogP contribution in [0.3, 0.4) is 0 Å². The van der Waals surface area contributed by atoms with Gasteiger partial charge in [0.2, 0.25) is 0 Å². The van der Waals surface area contributed by atoms with E-state index in [0.29, 0.717) is 12.0 Å². The molecule has 0 aliphatic rings. The van der Waals surface area contributed by atoms with Crippen LogP contribution in [0.15, 0.2) is 12.1 Å². The second kappa shape index (κ2) is 4.13. The van der Waals surface area contributed by atoms with Gasteiger partial charge in [-0.15, -0.1) is 0 Å². The zero-order valence-electron chi connectivity index (χ0n) is 8.63. The summed E-state index contributed by atoms with van der Waals surface area (Å²) in [5, 5.41) is 8.94. The first-order valence-corrected chi connectivity index (χ1v) is 4.51. The molecule has 0 spiro atoms. The summed E-state index contributed by atoms with van der Waals surface area (Å²) in [4.78, 5) is 10.9. The molecule has 76 valence electrons. The average molecular weight is 194 g/mol. The van der Waals surface area contributed by atoms with Crippen molar-refractivity contribution in [1.82, 2.24) is 0 Å². The molecule has 3 nitrogen and oxygen atoms in total. The van der Waals surface area contributed by atoms with Crippen molar-refractivity contribution in [3.05, 3.63) is 28.8 Å². The van der Waals surface area contributed by atoms with Crippen LogP contribution in [0.4, 0.5) is 0 Å². The van der Waals surface area contributed by atoms with Crippen LogP contribution in [-0.2, 0) is 6.42 Å². The van der Waals surface area contributed by atoms with Crippen LogP contribution in [0.25, 0.3) is 0 Å². The van der Waals surface area contributed by atoms with Crippen molar-refractivity contribution in [3.8, 4) is 5.75 Å². The van der Waals surface area contributed by atoms with Crippen molar-refractivity contribution in [2.24, 2.45) is 0 Å². The molecule has 0 radical (unpaired) electrons. The molecule has 3 heteroatoms. The summed E-state index contributed by atoms with van der Waals surface area (Å²) < 4.78 is 5.13. The number of carbonyl (C=O) groups is 1. The topological polar surface area (TPSA) is 46.5 Å². The molecular weight excluding hydrogens is 180 g/mol. The van der Waals surface area contributed by atoms with Crippen molar-refractivity contribution in [2.75, 3.05) is 7.11 Å². The van der Waals surface area contributed by atoms with Gasteiger partial charge in [-0.25, -0.2) is 4.79 Å². The average Bonchev–Trinajstić information content (AvgIpc) is 2.17. The van der Waals surface area contributed by atoms with Gasteiger partial charge >= 0.3 is 5.97 Å². The van der Waals surface area contributed by atoms with E-state index in [1.807, 2.05) is 13.8 Å². The predicted octanol–water partition coefficient (Wildman–Crippen LogP) is 2.26. The Morgan fingerprint density at radius 3 is 2.57 bits per heavy atom. The highest BCUT2D eigenvalue weighted by molar-refractivity contribution is 5.90. The summed E-state index contributed by atoms with van der Waals surface area (Å²) in [5.41, 5.74) is 2.12. The molecular formula is C11H14O3. The fourth-order valence-electron chi connectivity index (χ4n) is 1.61. The zero-order valence-corrected chi connectivity index (χ0v) is 8.63.